The van der Waals surface area contributed by atoms with E-state index in [1.165, 1.54) is 6.92 Å². The van der Waals surface area contributed by atoms with Gasteiger partial charge in [0, 0.05) is 0 Å². The van der Waals surface area contributed by atoms with Crippen LogP contribution >= 0.6 is 0 Å². The molecule has 0 saturated carbocycles. The van der Waals surface area contributed by atoms with E-state index in [2.05, 4.69) is 4.99 Å². The Hall–Kier alpha value is -0.710. The van der Waals surface area contributed by atoms with Gasteiger partial charge >= 0.3 is 0 Å². The van der Waals surface area contributed by atoms with Crippen LogP contribution in [-0.2, 0) is 14.6 Å². The standard InChI is InChI=1S/C4H5NO3S/c1-3-5-4(6)2-9(3,7)8/h2H2,1H3. The van der Waals surface area contributed by atoms with Gasteiger partial charge < -0.3 is 0 Å². The maximum absolute atomic E-state index is 10.6. The summed E-state index contributed by atoms with van der Waals surface area (Å²) < 4.78 is 21.2. The second-order valence-electron chi connectivity index (χ2n) is 1.78. The monoisotopic (exact) mass is 147 g/mol. The van der Waals surface area contributed by atoms with Gasteiger partial charge in [-0.05, 0) is 6.92 Å². The molecule has 1 heterocycles. The lowest BCUT2D eigenvalue weighted by atomic mass is 10.7. The van der Waals surface area contributed by atoms with E-state index < -0.39 is 21.5 Å². The highest BCUT2D eigenvalue weighted by atomic mass is 32.2. The third kappa shape index (κ3) is 0.999. The fraction of sp³-hybridized carbons (Fsp3) is 0.500. The van der Waals surface area contributed by atoms with Crippen LogP contribution in [0.1, 0.15) is 6.92 Å². The molecule has 0 fully saturated rings. The molecule has 4 nitrogen and oxygen atoms in total. The van der Waals surface area contributed by atoms with Gasteiger partial charge in [0.1, 0.15) is 10.8 Å². The van der Waals surface area contributed by atoms with Gasteiger partial charge in [0.15, 0.2) is 0 Å². The average molecular weight is 147 g/mol. The minimum absolute atomic E-state index is 0.0625. The third-order valence-corrected chi connectivity index (χ3v) is 2.66. The van der Waals surface area contributed by atoms with Crippen LogP contribution in [0.25, 0.3) is 0 Å². The molecule has 0 aromatic heterocycles. The van der Waals surface area contributed by atoms with Gasteiger partial charge in [-0.1, -0.05) is 0 Å². The summed E-state index contributed by atoms with van der Waals surface area (Å²) in [7, 11) is -3.27. The lowest BCUT2D eigenvalue weighted by molar-refractivity contribution is -0.115. The van der Waals surface area contributed by atoms with Gasteiger partial charge in [-0.2, -0.15) is 0 Å². The molecule has 0 aliphatic carbocycles. The maximum atomic E-state index is 10.6. The average Bonchev–Trinajstić information content (AvgIpc) is 1.79. The first-order chi connectivity index (χ1) is 4.02. The molecule has 0 saturated heterocycles. The quantitative estimate of drug-likeness (QED) is 0.457. The van der Waals surface area contributed by atoms with Crippen LogP contribution in [0, 0.1) is 0 Å². The molecule has 0 radical (unpaired) electrons. The van der Waals surface area contributed by atoms with Crippen molar-refractivity contribution in [1.29, 1.82) is 0 Å². The van der Waals surface area contributed by atoms with Crippen LogP contribution in [0.3, 0.4) is 0 Å². The Kier molecular flexibility index (Phi) is 1.16. The zero-order valence-corrected chi connectivity index (χ0v) is 5.60. The van der Waals surface area contributed by atoms with E-state index in [1.807, 2.05) is 0 Å². The molecule has 0 aromatic rings. The predicted octanol–water partition coefficient (Wildman–Crippen LogP) is -0.640. The molecule has 0 aromatic carbocycles. The van der Waals surface area contributed by atoms with E-state index in [4.69, 9.17) is 0 Å². The normalized spacial score (nSPS) is 24.1. The third-order valence-electron chi connectivity index (χ3n) is 1.05. The van der Waals surface area contributed by atoms with Crippen molar-refractivity contribution in [3.8, 4) is 0 Å². The summed E-state index contributed by atoms with van der Waals surface area (Å²) in [6.07, 6.45) is 0. The van der Waals surface area contributed by atoms with Gasteiger partial charge in [-0.25, -0.2) is 13.4 Å². The Morgan fingerprint density at radius 1 is 1.56 bits per heavy atom. The number of rotatable bonds is 0. The number of hydrogen-bond acceptors (Lipinski definition) is 3. The van der Waals surface area contributed by atoms with Crippen LogP contribution in [0.15, 0.2) is 4.99 Å². The summed E-state index contributed by atoms with van der Waals surface area (Å²) in [5.74, 6) is -1.01. The topological polar surface area (TPSA) is 63.6 Å². The van der Waals surface area contributed by atoms with E-state index in [0.29, 0.717) is 0 Å². The van der Waals surface area contributed by atoms with E-state index in [1.54, 1.807) is 0 Å². The SMILES string of the molecule is CC1=NC(=O)CS1(=O)=O. The van der Waals surface area contributed by atoms with Crippen molar-refractivity contribution >= 4 is 20.8 Å². The fourth-order valence-electron chi connectivity index (χ4n) is 0.544. The first-order valence-electron chi connectivity index (χ1n) is 2.33. The summed E-state index contributed by atoms with van der Waals surface area (Å²) in [5.41, 5.74) is 0. The molecule has 9 heavy (non-hydrogen) atoms. The van der Waals surface area contributed by atoms with E-state index >= 15 is 0 Å². The van der Waals surface area contributed by atoms with Crippen LogP contribution in [0.4, 0.5) is 0 Å². The van der Waals surface area contributed by atoms with Crippen molar-refractivity contribution in [3.63, 3.8) is 0 Å². The highest BCUT2D eigenvalue weighted by Crippen LogP contribution is 2.03. The first kappa shape index (κ1) is 6.41. The zero-order chi connectivity index (χ0) is 7.07. The molecule has 1 amide bonds. The molecule has 0 N–H and O–H groups in total. The highest BCUT2D eigenvalue weighted by Gasteiger charge is 2.26. The number of sulfone groups is 1. The Labute approximate surface area is 52.5 Å². The van der Waals surface area contributed by atoms with Crippen LogP contribution in [0.2, 0.25) is 0 Å². The fourth-order valence-corrected chi connectivity index (χ4v) is 1.38. The molecular weight excluding hydrogens is 142 g/mol. The van der Waals surface area contributed by atoms with Crippen LogP contribution in [-0.4, -0.2) is 25.1 Å². The molecule has 1 aliphatic rings. The molecule has 0 bridgehead atoms. The lowest BCUT2D eigenvalue weighted by Gasteiger charge is -1.84. The Bertz CT molecular complexity index is 274. The van der Waals surface area contributed by atoms with Crippen molar-refractivity contribution in [3.05, 3.63) is 0 Å². The summed E-state index contributed by atoms with van der Waals surface area (Å²) in [5, 5.41) is -0.0625. The van der Waals surface area contributed by atoms with Crippen molar-refractivity contribution in [1.82, 2.24) is 0 Å². The Balaban J connectivity index is 3.19. The number of amides is 1. The maximum Gasteiger partial charge on any atom is 0.262 e. The molecule has 1 rings (SSSR count). The van der Waals surface area contributed by atoms with E-state index in [0.717, 1.165) is 0 Å². The molecule has 50 valence electrons. The largest absolute Gasteiger partial charge is 0.271 e. The minimum atomic E-state index is -3.27. The van der Waals surface area contributed by atoms with Crippen molar-refractivity contribution in [2.75, 3.05) is 5.75 Å². The number of hydrogen-bond donors (Lipinski definition) is 0. The molecular formula is C4H5NO3S. The highest BCUT2D eigenvalue weighted by molar-refractivity contribution is 8.07. The van der Waals surface area contributed by atoms with Crippen LogP contribution < -0.4 is 0 Å². The summed E-state index contributed by atoms with van der Waals surface area (Å²) in [6, 6.07) is 0. The summed E-state index contributed by atoms with van der Waals surface area (Å²) in [6.45, 7) is 1.32. The summed E-state index contributed by atoms with van der Waals surface area (Å²) >= 11 is 0. The Morgan fingerprint density at radius 2 is 2.11 bits per heavy atom. The number of nitrogens with zero attached hydrogens (tertiary/aromatic N) is 1. The van der Waals surface area contributed by atoms with Gasteiger partial charge in [-0.3, -0.25) is 4.79 Å². The predicted molar refractivity (Wildman–Crippen MR) is 31.9 cm³/mol. The molecule has 0 unspecified atom stereocenters. The van der Waals surface area contributed by atoms with Crippen molar-refractivity contribution < 1.29 is 13.2 Å². The molecule has 5 heteroatoms. The van der Waals surface area contributed by atoms with E-state index in [9.17, 15) is 13.2 Å². The van der Waals surface area contributed by atoms with Crippen LogP contribution in [0.5, 0.6) is 0 Å². The minimum Gasteiger partial charge on any atom is -0.271 e. The lowest BCUT2D eigenvalue weighted by Crippen LogP contribution is -2.10. The number of carbonyl (C=O) groups is 1. The first-order valence-corrected chi connectivity index (χ1v) is 3.98. The number of aliphatic imine (C=N–C) groups is 1. The second-order valence-corrected chi connectivity index (χ2v) is 3.89. The van der Waals surface area contributed by atoms with Gasteiger partial charge in [0.05, 0.1) is 0 Å². The van der Waals surface area contributed by atoms with Gasteiger partial charge in [0.25, 0.3) is 5.91 Å². The molecule has 1 aliphatic heterocycles. The van der Waals surface area contributed by atoms with E-state index in [-0.39, 0.29) is 5.04 Å². The number of carbonyl (C=O) groups excluding carboxylic acids is 1. The zero-order valence-electron chi connectivity index (χ0n) is 4.79. The molecule has 0 atom stereocenters. The summed E-state index contributed by atoms with van der Waals surface area (Å²) in [4.78, 5) is 13.5. The smallest absolute Gasteiger partial charge is 0.262 e. The van der Waals surface area contributed by atoms with Crippen molar-refractivity contribution in [2.45, 2.75) is 6.92 Å². The second kappa shape index (κ2) is 1.63. The van der Waals surface area contributed by atoms with Gasteiger partial charge in [-0.15, -0.1) is 0 Å². The van der Waals surface area contributed by atoms with Crippen molar-refractivity contribution in [2.24, 2.45) is 4.99 Å². The molecule has 0 spiro atoms. The Morgan fingerprint density at radius 3 is 2.22 bits per heavy atom. The van der Waals surface area contributed by atoms with Gasteiger partial charge in [0.2, 0.25) is 9.84 Å².